The van der Waals surface area contributed by atoms with Gasteiger partial charge in [0.15, 0.2) is 5.82 Å². The van der Waals surface area contributed by atoms with Crippen molar-refractivity contribution in [2.24, 2.45) is 5.73 Å². The quantitative estimate of drug-likeness (QED) is 0.467. The number of amides is 1. The highest BCUT2D eigenvalue weighted by molar-refractivity contribution is 6.06. The van der Waals surface area contributed by atoms with Crippen molar-refractivity contribution in [2.45, 2.75) is 13.1 Å². The van der Waals surface area contributed by atoms with Crippen LogP contribution in [0.1, 0.15) is 32.0 Å². The molecule has 0 aliphatic heterocycles. The molecule has 4 aromatic rings. The highest BCUT2D eigenvalue weighted by Crippen LogP contribution is 2.32. The summed E-state index contributed by atoms with van der Waals surface area (Å²) in [7, 11) is 0. The predicted octanol–water partition coefficient (Wildman–Crippen LogP) is 3.93. The number of benzene rings is 2. The van der Waals surface area contributed by atoms with Crippen molar-refractivity contribution in [1.29, 1.82) is 0 Å². The fourth-order valence-corrected chi connectivity index (χ4v) is 3.22. The van der Waals surface area contributed by atoms with Gasteiger partial charge in [-0.2, -0.15) is 17.9 Å². The molecule has 4 rings (SSSR count). The average molecular weight is 458 g/mol. The molecule has 2 aromatic carbocycles. The maximum absolute atomic E-state index is 13.5. The zero-order valence-corrected chi connectivity index (χ0v) is 16.9. The average Bonchev–Trinajstić information content (AvgIpc) is 3.11. The van der Waals surface area contributed by atoms with Crippen molar-refractivity contribution < 1.29 is 32.0 Å². The summed E-state index contributed by atoms with van der Waals surface area (Å²) in [5.41, 5.74) is 4.50. The van der Waals surface area contributed by atoms with E-state index in [1.54, 1.807) is 6.07 Å². The van der Waals surface area contributed by atoms with Crippen LogP contribution in [0, 0.1) is 12.7 Å². The number of halogens is 4. The summed E-state index contributed by atoms with van der Waals surface area (Å²) in [6.45, 7) is 1.49. The Kier molecular flexibility index (Phi) is 5.32. The van der Waals surface area contributed by atoms with Crippen LogP contribution < -0.4 is 10.6 Å². The smallest absolute Gasteiger partial charge is 0.366 e. The summed E-state index contributed by atoms with van der Waals surface area (Å²) in [4.78, 5) is 37.9. The lowest BCUT2D eigenvalue weighted by atomic mass is 10.1. The van der Waals surface area contributed by atoms with Crippen molar-refractivity contribution in [3.8, 4) is 11.4 Å². The van der Waals surface area contributed by atoms with Crippen molar-refractivity contribution in [1.82, 2.24) is 14.7 Å². The molecule has 33 heavy (non-hydrogen) atoms. The summed E-state index contributed by atoms with van der Waals surface area (Å²) >= 11 is 0. The standard InChI is InChI=1S/C22H14F4N4O3/c1-11-16(9-28-20(29-11)12-3-2-4-14(23)7-12)21(32)33-30-10-17(19(27)31)15-6-5-13(8-18(15)30)22(24,25)26/h2-10H,1H3,(H2,27,31). The minimum absolute atomic E-state index is 0.0791. The van der Waals surface area contributed by atoms with Crippen LogP contribution in [0.4, 0.5) is 17.6 Å². The summed E-state index contributed by atoms with van der Waals surface area (Å²) in [5.74, 6) is -2.21. The Balaban J connectivity index is 1.71. The van der Waals surface area contributed by atoms with Crippen LogP contribution in [0.15, 0.2) is 54.9 Å². The maximum Gasteiger partial charge on any atom is 0.416 e. The molecule has 0 unspecified atom stereocenters. The first-order chi connectivity index (χ1) is 15.5. The third-order valence-electron chi connectivity index (χ3n) is 4.83. The molecule has 168 valence electrons. The largest absolute Gasteiger partial charge is 0.416 e. The third-order valence-corrected chi connectivity index (χ3v) is 4.83. The molecule has 0 aliphatic rings. The number of fused-ring (bicyclic) bond motifs is 1. The van der Waals surface area contributed by atoms with E-state index in [4.69, 9.17) is 10.6 Å². The van der Waals surface area contributed by atoms with Crippen LogP contribution in [0.2, 0.25) is 0 Å². The number of primary amides is 1. The van der Waals surface area contributed by atoms with Crippen LogP contribution in [0.3, 0.4) is 0 Å². The Morgan fingerprint density at radius 1 is 1.09 bits per heavy atom. The van der Waals surface area contributed by atoms with E-state index in [9.17, 15) is 27.2 Å². The van der Waals surface area contributed by atoms with E-state index in [0.717, 1.165) is 35.3 Å². The molecule has 0 saturated heterocycles. The highest BCUT2D eigenvalue weighted by atomic mass is 19.4. The summed E-state index contributed by atoms with van der Waals surface area (Å²) in [6, 6.07) is 8.16. The van der Waals surface area contributed by atoms with Crippen molar-refractivity contribution >= 4 is 22.8 Å². The Bertz CT molecular complexity index is 1410. The molecule has 0 fully saturated rings. The lowest BCUT2D eigenvalue weighted by Crippen LogP contribution is -2.21. The molecule has 0 bridgehead atoms. The van der Waals surface area contributed by atoms with E-state index in [-0.39, 0.29) is 33.5 Å². The van der Waals surface area contributed by atoms with Crippen LogP contribution in [-0.2, 0) is 6.18 Å². The molecule has 0 radical (unpaired) electrons. The summed E-state index contributed by atoms with van der Waals surface area (Å²) < 4.78 is 53.6. The van der Waals surface area contributed by atoms with Gasteiger partial charge < -0.3 is 10.6 Å². The lowest BCUT2D eigenvalue weighted by Gasteiger charge is -2.10. The van der Waals surface area contributed by atoms with Crippen LogP contribution in [-0.4, -0.2) is 26.6 Å². The first-order valence-corrected chi connectivity index (χ1v) is 9.39. The van der Waals surface area contributed by atoms with Gasteiger partial charge in [0.1, 0.15) is 11.4 Å². The number of alkyl halides is 3. The molecule has 0 spiro atoms. The van der Waals surface area contributed by atoms with Gasteiger partial charge in [0.05, 0.1) is 28.5 Å². The SMILES string of the molecule is Cc1nc(-c2cccc(F)c2)ncc1C(=O)On1cc(C(N)=O)c2ccc(C(F)(F)F)cc21. The van der Waals surface area contributed by atoms with E-state index in [1.807, 2.05) is 0 Å². The Hall–Kier alpha value is -4.28. The second kappa shape index (κ2) is 8.01. The Morgan fingerprint density at radius 2 is 1.85 bits per heavy atom. The minimum Gasteiger partial charge on any atom is -0.366 e. The van der Waals surface area contributed by atoms with Crippen molar-refractivity contribution in [3.05, 3.63) is 83.1 Å². The molecule has 7 nitrogen and oxygen atoms in total. The van der Waals surface area contributed by atoms with E-state index in [1.165, 1.54) is 25.1 Å². The first kappa shape index (κ1) is 21.9. The van der Waals surface area contributed by atoms with Gasteiger partial charge in [-0.25, -0.2) is 19.2 Å². The number of hydrogen-bond donors (Lipinski definition) is 1. The fourth-order valence-electron chi connectivity index (χ4n) is 3.22. The number of nitrogens with two attached hydrogens (primary N) is 1. The zero-order chi connectivity index (χ0) is 23.9. The van der Waals surface area contributed by atoms with Gasteiger partial charge in [-0.3, -0.25) is 4.79 Å². The minimum atomic E-state index is -4.66. The summed E-state index contributed by atoms with van der Waals surface area (Å²) in [5, 5.41) is 0.0812. The maximum atomic E-state index is 13.5. The number of nitrogens with zero attached hydrogens (tertiary/aromatic N) is 3. The van der Waals surface area contributed by atoms with E-state index in [2.05, 4.69) is 9.97 Å². The Labute approximate surface area is 183 Å². The number of aromatic nitrogens is 3. The highest BCUT2D eigenvalue weighted by Gasteiger charge is 2.31. The summed E-state index contributed by atoms with van der Waals surface area (Å²) in [6.07, 6.45) is -2.47. The lowest BCUT2D eigenvalue weighted by molar-refractivity contribution is -0.137. The van der Waals surface area contributed by atoms with Gasteiger partial charge in [-0.15, -0.1) is 0 Å². The number of carbonyl (C=O) groups is 2. The molecule has 0 atom stereocenters. The van der Waals surface area contributed by atoms with Gasteiger partial charge in [0, 0.05) is 17.1 Å². The number of hydrogen-bond acceptors (Lipinski definition) is 5. The van der Waals surface area contributed by atoms with E-state index >= 15 is 0 Å². The van der Waals surface area contributed by atoms with E-state index < -0.39 is 29.4 Å². The van der Waals surface area contributed by atoms with Crippen LogP contribution in [0.5, 0.6) is 0 Å². The van der Waals surface area contributed by atoms with Crippen molar-refractivity contribution in [3.63, 3.8) is 0 Å². The van der Waals surface area contributed by atoms with E-state index in [0.29, 0.717) is 5.56 Å². The van der Waals surface area contributed by atoms with Gasteiger partial charge >= 0.3 is 12.1 Å². The number of rotatable bonds is 4. The number of carbonyl (C=O) groups excluding carboxylic acids is 2. The Morgan fingerprint density at radius 3 is 2.48 bits per heavy atom. The molecule has 0 saturated carbocycles. The monoisotopic (exact) mass is 458 g/mol. The zero-order valence-electron chi connectivity index (χ0n) is 16.9. The van der Waals surface area contributed by atoms with Crippen LogP contribution >= 0.6 is 0 Å². The van der Waals surface area contributed by atoms with Crippen molar-refractivity contribution in [2.75, 3.05) is 0 Å². The fraction of sp³-hybridized carbons (Fsp3) is 0.0909. The molecular formula is C22H14F4N4O3. The van der Waals surface area contributed by atoms with Gasteiger partial charge in [0.2, 0.25) is 0 Å². The normalized spacial score (nSPS) is 11.5. The van der Waals surface area contributed by atoms with Gasteiger partial charge in [-0.05, 0) is 31.2 Å². The topological polar surface area (TPSA) is 100 Å². The first-order valence-electron chi connectivity index (χ1n) is 9.39. The second-order valence-electron chi connectivity index (χ2n) is 7.04. The molecule has 11 heteroatoms. The second-order valence-corrected chi connectivity index (χ2v) is 7.04. The molecule has 2 aromatic heterocycles. The molecule has 2 heterocycles. The number of aryl methyl sites for hydroxylation is 1. The van der Waals surface area contributed by atoms with Gasteiger partial charge in [-0.1, -0.05) is 18.2 Å². The molecule has 0 aliphatic carbocycles. The predicted molar refractivity (Wildman–Crippen MR) is 109 cm³/mol. The third kappa shape index (κ3) is 4.25. The van der Waals surface area contributed by atoms with Gasteiger partial charge in [0.25, 0.3) is 5.91 Å². The molecule has 2 N–H and O–H groups in total. The van der Waals surface area contributed by atoms with Crippen LogP contribution in [0.25, 0.3) is 22.3 Å². The molecular weight excluding hydrogens is 444 g/mol. The molecule has 1 amide bonds.